The fourth-order valence-corrected chi connectivity index (χ4v) is 2.90. The third kappa shape index (κ3) is 5.69. The molecule has 0 saturated heterocycles. The van der Waals surface area contributed by atoms with Crippen LogP contribution in [0.5, 0.6) is 0 Å². The van der Waals surface area contributed by atoms with Gasteiger partial charge in [-0.2, -0.15) is 0 Å². The Hall–Kier alpha value is -1.65. The van der Waals surface area contributed by atoms with Crippen molar-refractivity contribution in [1.82, 2.24) is 5.32 Å². The summed E-state index contributed by atoms with van der Waals surface area (Å²) in [5, 5.41) is 14.7. The van der Waals surface area contributed by atoms with Gasteiger partial charge in [-0.15, -0.1) is 11.3 Å². The van der Waals surface area contributed by atoms with Gasteiger partial charge < -0.3 is 10.4 Å². The van der Waals surface area contributed by atoms with Gasteiger partial charge >= 0.3 is 0 Å². The summed E-state index contributed by atoms with van der Waals surface area (Å²) in [6.45, 7) is 0.517. The van der Waals surface area contributed by atoms with Gasteiger partial charge in [0, 0.05) is 17.8 Å². The second-order valence-corrected chi connectivity index (χ2v) is 5.99. The summed E-state index contributed by atoms with van der Waals surface area (Å²) >= 11 is 1.54. The first-order valence-electron chi connectivity index (χ1n) is 7.28. The van der Waals surface area contributed by atoms with Crippen LogP contribution in [0.4, 0.5) is 0 Å². The maximum absolute atomic E-state index is 11.7. The van der Waals surface area contributed by atoms with Gasteiger partial charge in [0.05, 0.1) is 6.10 Å². The van der Waals surface area contributed by atoms with Crippen molar-refractivity contribution < 1.29 is 9.90 Å². The molecule has 0 bridgehead atoms. The zero-order valence-electron chi connectivity index (χ0n) is 12.0. The molecule has 2 rings (SSSR count). The van der Waals surface area contributed by atoms with Crippen LogP contribution < -0.4 is 5.32 Å². The monoisotopic (exact) mass is 303 g/mol. The van der Waals surface area contributed by atoms with Crippen molar-refractivity contribution in [2.45, 2.75) is 31.8 Å². The number of nitrogens with one attached hydrogen (secondary N) is 1. The van der Waals surface area contributed by atoms with Crippen LogP contribution in [-0.2, 0) is 11.2 Å². The second-order valence-electron chi connectivity index (χ2n) is 5.01. The van der Waals surface area contributed by atoms with Gasteiger partial charge in [-0.3, -0.25) is 4.79 Å². The molecule has 1 heterocycles. The van der Waals surface area contributed by atoms with Gasteiger partial charge in [-0.1, -0.05) is 36.4 Å². The largest absolute Gasteiger partial charge is 0.388 e. The molecule has 0 saturated carbocycles. The highest BCUT2D eigenvalue weighted by atomic mass is 32.1. The van der Waals surface area contributed by atoms with E-state index in [1.165, 1.54) is 16.9 Å². The Kier molecular flexibility index (Phi) is 6.44. The van der Waals surface area contributed by atoms with E-state index in [9.17, 15) is 9.90 Å². The summed E-state index contributed by atoms with van der Waals surface area (Å²) in [6.07, 6.45) is 2.39. The number of benzene rings is 1. The topological polar surface area (TPSA) is 49.3 Å². The number of carbonyl (C=O) groups is 1. The van der Waals surface area contributed by atoms with Gasteiger partial charge in [0.25, 0.3) is 0 Å². The lowest BCUT2D eigenvalue weighted by Gasteiger charge is -2.09. The van der Waals surface area contributed by atoms with Crippen LogP contribution in [0.3, 0.4) is 0 Å². The van der Waals surface area contributed by atoms with Crippen molar-refractivity contribution in [3.63, 3.8) is 0 Å². The standard InChI is InChI=1S/C17H21NO2S/c19-15(16-9-5-13-21-16)11-12-18-17(20)10-4-8-14-6-2-1-3-7-14/h1-3,5-7,9,13,15,19H,4,8,10-12H2,(H,18,20). The summed E-state index contributed by atoms with van der Waals surface area (Å²) in [5.74, 6) is 0.0595. The first-order valence-corrected chi connectivity index (χ1v) is 8.16. The van der Waals surface area contributed by atoms with Gasteiger partial charge in [0.1, 0.15) is 0 Å². The fraction of sp³-hybridized carbons (Fsp3) is 0.353. The Bertz CT molecular complexity index is 525. The third-order valence-electron chi connectivity index (χ3n) is 3.32. The molecular formula is C17H21NO2S. The maximum Gasteiger partial charge on any atom is 0.220 e. The molecule has 1 unspecified atom stereocenters. The van der Waals surface area contributed by atoms with Crippen molar-refractivity contribution in [3.8, 4) is 0 Å². The summed E-state index contributed by atoms with van der Waals surface area (Å²) < 4.78 is 0. The molecule has 0 fully saturated rings. The van der Waals surface area contributed by atoms with Crippen LogP contribution in [-0.4, -0.2) is 17.6 Å². The highest BCUT2D eigenvalue weighted by molar-refractivity contribution is 7.10. The molecule has 3 nitrogen and oxygen atoms in total. The molecule has 1 amide bonds. The molecule has 0 aliphatic rings. The molecule has 4 heteroatoms. The molecule has 0 radical (unpaired) electrons. The fourth-order valence-electron chi connectivity index (χ4n) is 2.16. The number of thiophene rings is 1. The van der Waals surface area contributed by atoms with E-state index in [1.807, 2.05) is 35.7 Å². The van der Waals surface area contributed by atoms with Gasteiger partial charge in [0.2, 0.25) is 5.91 Å². The zero-order chi connectivity index (χ0) is 14.9. The predicted molar refractivity (Wildman–Crippen MR) is 86.3 cm³/mol. The number of aliphatic hydroxyl groups is 1. The van der Waals surface area contributed by atoms with E-state index in [0.29, 0.717) is 19.4 Å². The first kappa shape index (κ1) is 15.7. The van der Waals surface area contributed by atoms with Gasteiger partial charge in [0.15, 0.2) is 0 Å². The quantitative estimate of drug-likeness (QED) is 0.786. The Balaban J connectivity index is 1.57. The minimum atomic E-state index is -0.477. The first-order chi connectivity index (χ1) is 10.3. The number of hydrogen-bond donors (Lipinski definition) is 2. The number of hydrogen-bond acceptors (Lipinski definition) is 3. The molecule has 21 heavy (non-hydrogen) atoms. The normalized spacial score (nSPS) is 12.0. The Morgan fingerprint density at radius 1 is 1.19 bits per heavy atom. The van der Waals surface area contributed by atoms with E-state index in [1.54, 1.807) is 0 Å². The highest BCUT2D eigenvalue weighted by Gasteiger charge is 2.09. The molecule has 2 aromatic rings. The number of aryl methyl sites for hydroxylation is 1. The Morgan fingerprint density at radius 2 is 2.00 bits per heavy atom. The number of aliphatic hydroxyl groups excluding tert-OH is 1. The molecule has 112 valence electrons. The molecule has 2 N–H and O–H groups in total. The predicted octanol–water partition coefficient (Wildman–Crippen LogP) is 3.31. The SMILES string of the molecule is O=C(CCCc1ccccc1)NCCC(O)c1cccs1. The van der Waals surface area contributed by atoms with Crippen LogP contribution >= 0.6 is 11.3 Å². The lowest BCUT2D eigenvalue weighted by Crippen LogP contribution is -2.25. The molecule has 0 aliphatic carbocycles. The average Bonchev–Trinajstić information content (AvgIpc) is 3.02. The Labute approximate surface area is 129 Å². The van der Waals surface area contributed by atoms with Crippen LogP contribution in [0.15, 0.2) is 47.8 Å². The zero-order valence-corrected chi connectivity index (χ0v) is 12.8. The van der Waals surface area contributed by atoms with E-state index in [2.05, 4.69) is 17.4 Å². The average molecular weight is 303 g/mol. The summed E-state index contributed by atoms with van der Waals surface area (Å²) in [6, 6.07) is 14.0. The maximum atomic E-state index is 11.7. The van der Waals surface area contributed by atoms with Crippen molar-refractivity contribution in [2.75, 3.05) is 6.54 Å². The van der Waals surface area contributed by atoms with Crippen molar-refractivity contribution in [1.29, 1.82) is 0 Å². The smallest absolute Gasteiger partial charge is 0.220 e. The molecule has 1 aromatic heterocycles. The van der Waals surface area contributed by atoms with Crippen molar-refractivity contribution >= 4 is 17.2 Å². The number of amides is 1. The third-order valence-corrected chi connectivity index (χ3v) is 4.30. The summed E-state index contributed by atoms with van der Waals surface area (Å²) in [4.78, 5) is 12.7. The minimum Gasteiger partial charge on any atom is -0.388 e. The molecule has 0 aliphatic heterocycles. The van der Waals surface area contributed by atoms with E-state index in [0.717, 1.165) is 17.7 Å². The highest BCUT2D eigenvalue weighted by Crippen LogP contribution is 2.20. The van der Waals surface area contributed by atoms with Crippen molar-refractivity contribution in [2.24, 2.45) is 0 Å². The van der Waals surface area contributed by atoms with E-state index >= 15 is 0 Å². The Morgan fingerprint density at radius 3 is 2.71 bits per heavy atom. The van der Waals surface area contributed by atoms with E-state index in [4.69, 9.17) is 0 Å². The van der Waals surface area contributed by atoms with Crippen LogP contribution in [0.2, 0.25) is 0 Å². The summed E-state index contributed by atoms with van der Waals surface area (Å²) in [5.41, 5.74) is 1.26. The van der Waals surface area contributed by atoms with E-state index in [-0.39, 0.29) is 5.91 Å². The molecular weight excluding hydrogens is 282 g/mol. The van der Waals surface area contributed by atoms with Gasteiger partial charge in [-0.25, -0.2) is 0 Å². The number of carbonyl (C=O) groups excluding carboxylic acids is 1. The van der Waals surface area contributed by atoms with Crippen LogP contribution in [0.1, 0.15) is 35.8 Å². The molecule has 1 aromatic carbocycles. The summed E-state index contributed by atoms with van der Waals surface area (Å²) in [7, 11) is 0. The van der Waals surface area contributed by atoms with Crippen molar-refractivity contribution in [3.05, 3.63) is 58.3 Å². The molecule has 1 atom stereocenters. The van der Waals surface area contributed by atoms with E-state index < -0.39 is 6.10 Å². The van der Waals surface area contributed by atoms with Crippen LogP contribution in [0, 0.1) is 0 Å². The lowest BCUT2D eigenvalue weighted by molar-refractivity contribution is -0.121. The van der Waals surface area contributed by atoms with Crippen LogP contribution in [0.25, 0.3) is 0 Å². The van der Waals surface area contributed by atoms with Gasteiger partial charge in [-0.05, 0) is 36.3 Å². The molecule has 0 spiro atoms. The lowest BCUT2D eigenvalue weighted by atomic mass is 10.1. The minimum absolute atomic E-state index is 0.0595. The number of rotatable bonds is 8. The second kappa shape index (κ2) is 8.60.